The number of urea groups is 1. The van der Waals surface area contributed by atoms with Gasteiger partial charge < -0.3 is 10.1 Å². The molecule has 0 bridgehead atoms. The molecule has 0 heterocycles. The van der Waals surface area contributed by atoms with E-state index < -0.39 is 6.03 Å². The lowest BCUT2D eigenvalue weighted by atomic mass is 10.2. The summed E-state index contributed by atoms with van der Waals surface area (Å²) in [5.74, 6) is 0.438. The van der Waals surface area contributed by atoms with Crippen LogP contribution < -0.4 is 5.32 Å². The second kappa shape index (κ2) is 7.91. The lowest BCUT2D eigenvalue weighted by Gasteiger charge is -1.98. The van der Waals surface area contributed by atoms with Crippen LogP contribution in [0.4, 0.5) is 4.79 Å². The number of nitrogens with one attached hydrogen (secondary N) is 1. The molecule has 0 aliphatic rings. The summed E-state index contributed by atoms with van der Waals surface area (Å²) in [5, 5.41) is 2.51. The summed E-state index contributed by atoms with van der Waals surface area (Å²) in [6.45, 7) is 6.20. The molecule has 0 unspecified atom stereocenters. The van der Waals surface area contributed by atoms with Gasteiger partial charge in [0.2, 0.25) is 0 Å². The fourth-order valence-corrected chi connectivity index (χ4v) is 0.807. The molecule has 1 N–H and O–H groups in total. The first-order valence-electron chi connectivity index (χ1n) is 5.01. The van der Waals surface area contributed by atoms with Gasteiger partial charge in [-0.1, -0.05) is 19.9 Å². The van der Waals surface area contributed by atoms with Gasteiger partial charge in [0.25, 0.3) is 0 Å². The van der Waals surface area contributed by atoms with Crippen LogP contribution in [-0.4, -0.2) is 24.6 Å². The number of carbonyl (C=O) groups excluding carboxylic acids is 2. The molecule has 0 aromatic carbocycles. The van der Waals surface area contributed by atoms with Crippen LogP contribution in [0, 0.1) is 5.92 Å². The SMILES string of the molecule is CC(/C=C\C(C)C)=NC(=O)NCCC=O. The van der Waals surface area contributed by atoms with Crippen LogP contribution in [0.15, 0.2) is 17.1 Å². The number of nitrogens with zero attached hydrogens (tertiary/aromatic N) is 1. The highest BCUT2D eigenvalue weighted by molar-refractivity contribution is 6.00. The molecule has 0 rings (SSSR count). The fraction of sp³-hybridized carbons (Fsp3) is 0.545. The van der Waals surface area contributed by atoms with Crippen molar-refractivity contribution in [2.75, 3.05) is 6.54 Å². The Balaban J connectivity index is 4.00. The minimum absolute atomic E-state index is 0.322. The van der Waals surface area contributed by atoms with Gasteiger partial charge in [-0.25, -0.2) is 4.79 Å². The van der Waals surface area contributed by atoms with Crippen molar-refractivity contribution in [3.8, 4) is 0 Å². The van der Waals surface area contributed by atoms with E-state index in [1.54, 1.807) is 6.92 Å². The number of aliphatic imine (C=N–C) groups is 1. The molecule has 0 aromatic heterocycles. The third kappa shape index (κ3) is 8.87. The van der Waals surface area contributed by atoms with Crippen molar-refractivity contribution in [1.29, 1.82) is 0 Å². The van der Waals surface area contributed by atoms with Crippen molar-refractivity contribution in [2.45, 2.75) is 27.2 Å². The van der Waals surface area contributed by atoms with Gasteiger partial charge in [-0.3, -0.25) is 0 Å². The Morgan fingerprint density at radius 2 is 2.13 bits per heavy atom. The maximum Gasteiger partial charge on any atom is 0.341 e. The van der Waals surface area contributed by atoms with E-state index in [9.17, 15) is 9.59 Å². The Morgan fingerprint density at radius 1 is 1.47 bits per heavy atom. The standard InChI is InChI=1S/C11H18N2O2/c1-9(2)5-6-10(3)13-11(15)12-7-4-8-14/h5-6,8-9H,4,7H2,1-3H3,(H,12,15)/b6-5-,13-10?. The van der Waals surface area contributed by atoms with E-state index in [-0.39, 0.29) is 0 Å². The number of rotatable bonds is 5. The normalized spacial score (nSPS) is 12.1. The summed E-state index contributed by atoms with van der Waals surface area (Å²) in [6.07, 6.45) is 4.86. The summed E-state index contributed by atoms with van der Waals surface area (Å²) in [5.41, 5.74) is 0.660. The Kier molecular flexibility index (Phi) is 7.14. The topological polar surface area (TPSA) is 58.5 Å². The van der Waals surface area contributed by atoms with Crippen LogP contribution in [0.3, 0.4) is 0 Å². The van der Waals surface area contributed by atoms with Gasteiger partial charge in [0.1, 0.15) is 6.29 Å². The van der Waals surface area contributed by atoms with Crippen molar-refractivity contribution in [3.63, 3.8) is 0 Å². The molecule has 0 fully saturated rings. The monoisotopic (exact) mass is 210 g/mol. The zero-order chi connectivity index (χ0) is 11.7. The molecule has 4 nitrogen and oxygen atoms in total. The van der Waals surface area contributed by atoms with E-state index in [4.69, 9.17) is 0 Å². The van der Waals surface area contributed by atoms with Crippen LogP contribution in [0.25, 0.3) is 0 Å². The van der Waals surface area contributed by atoms with Crippen LogP contribution in [-0.2, 0) is 4.79 Å². The van der Waals surface area contributed by atoms with Crippen LogP contribution in [0.1, 0.15) is 27.2 Å². The molecular formula is C11H18N2O2. The van der Waals surface area contributed by atoms with E-state index in [0.29, 0.717) is 24.6 Å². The lowest BCUT2D eigenvalue weighted by Crippen LogP contribution is -2.21. The highest BCUT2D eigenvalue weighted by Crippen LogP contribution is 1.94. The van der Waals surface area contributed by atoms with E-state index in [0.717, 1.165) is 6.29 Å². The largest absolute Gasteiger partial charge is 0.341 e. The highest BCUT2D eigenvalue weighted by atomic mass is 16.2. The minimum atomic E-state index is -0.400. The van der Waals surface area contributed by atoms with E-state index in [1.807, 2.05) is 26.0 Å². The number of allylic oxidation sites excluding steroid dienone is 2. The first-order valence-corrected chi connectivity index (χ1v) is 5.01. The fourth-order valence-electron chi connectivity index (χ4n) is 0.807. The van der Waals surface area contributed by atoms with E-state index in [2.05, 4.69) is 10.3 Å². The third-order valence-electron chi connectivity index (χ3n) is 1.54. The summed E-state index contributed by atoms with van der Waals surface area (Å²) < 4.78 is 0. The molecule has 15 heavy (non-hydrogen) atoms. The van der Waals surface area contributed by atoms with Crippen LogP contribution in [0.5, 0.6) is 0 Å². The van der Waals surface area contributed by atoms with Gasteiger partial charge in [0.15, 0.2) is 0 Å². The maximum absolute atomic E-state index is 11.1. The third-order valence-corrected chi connectivity index (χ3v) is 1.54. The molecule has 84 valence electrons. The first-order chi connectivity index (χ1) is 7.06. The molecule has 0 aliphatic carbocycles. The smallest absolute Gasteiger partial charge is 0.336 e. The number of hydrogen-bond acceptors (Lipinski definition) is 2. The second-order valence-corrected chi connectivity index (χ2v) is 3.54. The van der Waals surface area contributed by atoms with Crippen molar-refractivity contribution in [2.24, 2.45) is 10.9 Å². The lowest BCUT2D eigenvalue weighted by molar-refractivity contribution is -0.107. The molecule has 4 heteroatoms. The molecule has 0 saturated carbocycles. The summed E-state index contributed by atoms with van der Waals surface area (Å²) in [6, 6.07) is -0.400. The summed E-state index contributed by atoms with van der Waals surface area (Å²) in [7, 11) is 0. The summed E-state index contributed by atoms with van der Waals surface area (Å²) in [4.78, 5) is 24.9. The number of hydrogen-bond donors (Lipinski definition) is 1. The van der Waals surface area contributed by atoms with Gasteiger partial charge in [0, 0.05) is 18.7 Å². The van der Waals surface area contributed by atoms with Crippen molar-refractivity contribution in [3.05, 3.63) is 12.2 Å². The van der Waals surface area contributed by atoms with Crippen LogP contribution in [0.2, 0.25) is 0 Å². The predicted molar refractivity (Wildman–Crippen MR) is 61.2 cm³/mol. The zero-order valence-electron chi connectivity index (χ0n) is 9.49. The molecular weight excluding hydrogens is 192 g/mol. The summed E-state index contributed by atoms with van der Waals surface area (Å²) >= 11 is 0. The number of carbonyl (C=O) groups is 2. The van der Waals surface area contributed by atoms with Crippen LogP contribution >= 0.6 is 0 Å². The molecule has 2 amide bonds. The average molecular weight is 210 g/mol. The molecule has 0 spiro atoms. The van der Waals surface area contributed by atoms with E-state index >= 15 is 0 Å². The molecule has 0 aliphatic heterocycles. The predicted octanol–water partition coefficient (Wildman–Crippen LogP) is 1.96. The minimum Gasteiger partial charge on any atom is -0.336 e. The Labute approximate surface area is 90.5 Å². The van der Waals surface area contributed by atoms with Crippen molar-refractivity contribution < 1.29 is 9.59 Å². The number of aldehydes is 1. The first kappa shape index (κ1) is 13.5. The van der Waals surface area contributed by atoms with Crippen molar-refractivity contribution >= 4 is 18.0 Å². The van der Waals surface area contributed by atoms with E-state index in [1.165, 1.54) is 0 Å². The highest BCUT2D eigenvalue weighted by Gasteiger charge is 1.96. The van der Waals surface area contributed by atoms with Gasteiger partial charge in [-0.05, 0) is 18.9 Å². The zero-order valence-corrected chi connectivity index (χ0v) is 9.49. The quantitative estimate of drug-likeness (QED) is 0.428. The molecule has 0 atom stereocenters. The maximum atomic E-state index is 11.1. The van der Waals surface area contributed by atoms with Crippen molar-refractivity contribution in [1.82, 2.24) is 5.32 Å². The Morgan fingerprint density at radius 3 is 2.67 bits per heavy atom. The molecule has 0 radical (unpaired) electrons. The number of amides is 2. The average Bonchev–Trinajstić information content (AvgIpc) is 2.15. The van der Waals surface area contributed by atoms with Gasteiger partial charge in [-0.15, -0.1) is 0 Å². The van der Waals surface area contributed by atoms with Gasteiger partial charge in [0.05, 0.1) is 0 Å². The second-order valence-electron chi connectivity index (χ2n) is 3.54. The molecule has 0 aromatic rings. The van der Waals surface area contributed by atoms with Gasteiger partial charge >= 0.3 is 6.03 Å². The Hall–Kier alpha value is -1.45. The molecule has 0 saturated heterocycles. The van der Waals surface area contributed by atoms with Gasteiger partial charge in [-0.2, -0.15) is 4.99 Å². The Bertz CT molecular complexity index is 268.